The van der Waals surface area contributed by atoms with Crippen molar-refractivity contribution in [2.24, 2.45) is 0 Å². The second-order valence-electron chi connectivity index (χ2n) is 5.42. The predicted molar refractivity (Wildman–Crippen MR) is 93.3 cm³/mol. The number of benzene rings is 1. The van der Waals surface area contributed by atoms with Crippen LogP contribution in [0.4, 0.5) is 0 Å². The first-order chi connectivity index (χ1) is 10.6. The summed E-state index contributed by atoms with van der Waals surface area (Å²) in [4.78, 5) is 12.9. The molecule has 2 rings (SSSR count). The zero-order chi connectivity index (χ0) is 16.1. The third-order valence-electron chi connectivity index (χ3n) is 3.80. The number of Topliss-reactive ketones (excluding diaryl/α,β-unsaturated/α-hetero) is 1. The highest BCUT2D eigenvalue weighted by Gasteiger charge is 2.26. The van der Waals surface area contributed by atoms with Crippen LogP contribution in [0.2, 0.25) is 0 Å². The Hall–Kier alpha value is -1.55. The first kappa shape index (κ1) is 16.8. The minimum atomic E-state index is -0.00847. The Morgan fingerprint density at radius 3 is 2.86 bits per heavy atom. The first-order valence-electron chi connectivity index (χ1n) is 7.64. The highest BCUT2D eigenvalue weighted by atomic mass is 79.9. The van der Waals surface area contributed by atoms with E-state index >= 15 is 0 Å². The standard InChI is InChI=1S/C18H22BrNO2/c1-4-5-6-7-15(20-3)17-12(2)11-22-16-10-13(19)8-9-14(16)18(17)21/h8-10,20H,2,4-7,11H2,1,3H3/b17-15+. The number of rotatable bonds is 5. The number of nitrogens with one attached hydrogen (secondary N) is 1. The lowest BCUT2D eigenvalue weighted by atomic mass is 9.94. The SMILES string of the molecule is C=C1COc2cc(Br)ccc2C(=O)/C1=C(\CCCCC)NC. The molecule has 0 spiro atoms. The van der Waals surface area contributed by atoms with Gasteiger partial charge in [0.1, 0.15) is 12.4 Å². The summed E-state index contributed by atoms with van der Waals surface area (Å²) in [5, 5.41) is 3.19. The predicted octanol–water partition coefficient (Wildman–Crippen LogP) is 4.63. The number of hydrogen-bond acceptors (Lipinski definition) is 3. The summed E-state index contributed by atoms with van der Waals surface area (Å²) in [5.74, 6) is 0.602. The normalized spacial score (nSPS) is 16.7. The van der Waals surface area contributed by atoms with Crippen molar-refractivity contribution < 1.29 is 9.53 Å². The van der Waals surface area contributed by atoms with Gasteiger partial charge >= 0.3 is 0 Å². The monoisotopic (exact) mass is 363 g/mol. The molecule has 1 aromatic rings. The lowest BCUT2D eigenvalue weighted by Gasteiger charge is -2.14. The van der Waals surface area contributed by atoms with E-state index in [1.54, 1.807) is 6.07 Å². The molecule has 0 fully saturated rings. The van der Waals surface area contributed by atoms with Gasteiger partial charge in [0.15, 0.2) is 5.78 Å². The van der Waals surface area contributed by atoms with Crippen LogP contribution < -0.4 is 10.1 Å². The fourth-order valence-corrected chi connectivity index (χ4v) is 2.95. The summed E-state index contributed by atoms with van der Waals surface area (Å²) in [5.41, 5.74) is 2.97. The van der Waals surface area contributed by atoms with E-state index in [1.807, 2.05) is 19.2 Å². The van der Waals surface area contributed by atoms with E-state index in [-0.39, 0.29) is 5.78 Å². The van der Waals surface area contributed by atoms with Crippen LogP contribution in [0.3, 0.4) is 0 Å². The molecule has 0 radical (unpaired) electrons. The number of carbonyl (C=O) groups is 1. The van der Waals surface area contributed by atoms with Gasteiger partial charge in [-0.15, -0.1) is 0 Å². The summed E-state index contributed by atoms with van der Waals surface area (Å²) in [7, 11) is 1.86. The van der Waals surface area contributed by atoms with Crippen LogP contribution in [0.5, 0.6) is 5.75 Å². The molecule has 3 nitrogen and oxygen atoms in total. The van der Waals surface area contributed by atoms with Gasteiger partial charge < -0.3 is 10.1 Å². The summed E-state index contributed by atoms with van der Waals surface area (Å²) >= 11 is 3.41. The molecular formula is C18H22BrNO2. The number of hydrogen-bond donors (Lipinski definition) is 1. The van der Waals surface area contributed by atoms with Crippen molar-refractivity contribution in [3.05, 3.63) is 51.7 Å². The molecule has 1 N–H and O–H groups in total. The quantitative estimate of drug-likeness (QED) is 0.611. The van der Waals surface area contributed by atoms with E-state index in [0.29, 0.717) is 23.5 Å². The summed E-state index contributed by atoms with van der Waals surface area (Å²) in [6.07, 6.45) is 4.22. The molecule has 1 aliphatic rings. The number of unbranched alkanes of at least 4 members (excludes halogenated alkanes) is 2. The molecular weight excluding hydrogens is 342 g/mol. The van der Waals surface area contributed by atoms with Crippen LogP contribution in [0.25, 0.3) is 0 Å². The first-order valence-corrected chi connectivity index (χ1v) is 8.43. The lowest BCUT2D eigenvalue weighted by molar-refractivity contribution is 0.103. The molecule has 4 heteroatoms. The van der Waals surface area contributed by atoms with Crippen molar-refractivity contribution in [3.8, 4) is 5.75 Å². The Labute approximate surface area is 140 Å². The van der Waals surface area contributed by atoms with Gasteiger partial charge in [-0.05, 0) is 36.6 Å². The molecule has 1 heterocycles. The fraction of sp³-hybridized carbons (Fsp3) is 0.389. The Bertz CT molecular complexity index is 620. The zero-order valence-corrected chi connectivity index (χ0v) is 14.8. The van der Waals surface area contributed by atoms with Crippen molar-refractivity contribution in [1.29, 1.82) is 0 Å². The minimum absolute atomic E-state index is 0.00847. The summed E-state index contributed by atoms with van der Waals surface area (Å²) < 4.78 is 6.65. The lowest BCUT2D eigenvalue weighted by Crippen LogP contribution is -2.16. The maximum absolute atomic E-state index is 12.9. The van der Waals surface area contributed by atoms with Crippen molar-refractivity contribution in [2.75, 3.05) is 13.7 Å². The molecule has 0 saturated heterocycles. The third kappa shape index (κ3) is 3.61. The molecule has 0 atom stereocenters. The average molecular weight is 364 g/mol. The van der Waals surface area contributed by atoms with E-state index in [2.05, 4.69) is 34.7 Å². The molecule has 0 bridgehead atoms. The van der Waals surface area contributed by atoms with Crippen molar-refractivity contribution in [2.45, 2.75) is 32.6 Å². The fourth-order valence-electron chi connectivity index (χ4n) is 2.61. The van der Waals surface area contributed by atoms with E-state index in [9.17, 15) is 4.79 Å². The van der Waals surface area contributed by atoms with Crippen LogP contribution >= 0.6 is 15.9 Å². The van der Waals surface area contributed by atoms with Gasteiger partial charge in [0.2, 0.25) is 0 Å². The van der Waals surface area contributed by atoms with Crippen LogP contribution in [0.1, 0.15) is 43.0 Å². The molecule has 0 unspecified atom stereocenters. The number of ketones is 1. The van der Waals surface area contributed by atoms with E-state index in [1.165, 1.54) is 0 Å². The highest BCUT2D eigenvalue weighted by Crippen LogP contribution is 2.32. The zero-order valence-electron chi connectivity index (χ0n) is 13.2. The molecule has 118 valence electrons. The molecule has 1 aliphatic heterocycles. The van der Waals surface area contributed by atoms with E-state index < -0.39 is 0 Å². The maximum Gasteiger partial charge on any atom is 0.198 e. The Balaban J connectivity index is 2.42. The summed E-state index contributed by atoms with van der Waals surface area (Å²) in [6, 6.07) is 5.50. The van der Waals surface area contributed by atoms with Gasteiger partial charge in [0.25, 0.3) is 0 Å². The number of fused-ring (bicyclic) bond motifs is 1. The molecule has 22 heavy (non-hydrogen) atoms. The van der Waals surface area contributed by atoms with Crippen molar-refractivity contribution >= 4 is 21.7 Å². The van der Waals surface area contributed by atoms with Gasteiger partial charge in [-0.2, -0.15) is 0 Å². The molecule has 1 aromatic carbocycles. The van der Waals surface area contributed by atoms with Crippen molar-refractivity contribution in [1.82, 2.24) is 5.32 Å². The molecule has 0 aromatic heterocycles. The largest absolute Gasteiger partial charge is 0.488 e. The van der Waals surface area contributed by atoms with Crippen LogP contribution in [0.15, 0.2) is 46.1 Å². The third-order valence-corrected chi connectivity index (χ3v) is 4.30. The second-order valence-corrected chi connectivity index (χ2v) is 6.34. The number of ether oxygens (including phenoxy) is 1. The highest BCUT2D eigenvalue weighted by molar-refractivity contribution is 9.10. The maximum atomic E-state index is 12.9. The van der Waals surface area contributed by atoms with Gasteiger partial charge in [-0.3, -0.25) is 4.79 Å². The van der Waals surface area contributed by atoms with Gasteiger partial charge in [0.05, 0.1) is 5.56 Å². The average Bonchev–Trinajstić information content (AvgIpc) is 2.62. The smallest absolute Gasteiger partial charge is 0.198 e. The minimum Gasteiger partial charge on any atom is -0.488 e. The number of allylic oxidation sites excluding steroid dienone is 1. The van der Waals surface area contributed by atoms with E-state index in [4.69, 9.17) is 4.74 Å². The number of carbonyl (C=O) groups excluding carboxylic acids is 1. The Morgan fingerprint density at radius 1 is 1.41 bits per heavy atom. The Kier molecular flexibility index (Phi) is 5.83. The summed E-state index contributed by atoms with van der Waals surface area (Å²) in [6.45, 7) is 6.56. The topological polar surface area (TPSA) is 38.3 Å². The van der Waals surface area contributed by atoms with Gasteiger partial charge in [0, 0.05) is 22.8 Å². The van der Waals surface area contributed by atoms with Crippen LogP contribution in [0, 0.1) is 0 Å². The molecule has 0 aliphatic carbocycles. The van der Waals surface area contributed by atoms with E-state index in [0.717, 1.165) is 41.4 Å². The number of halogens is 1. The van der Waals surface area contributed by atoms with Crippen LogP contribution in [-0.4, -0.2) is 19.4 Å². The molecule has 0 saturated carbocycles. The Morgan fingerprint density at radius 2 is 2.18 bits per heavy atom. The molecule has 0 amide bonds. The van der Waals surface area contributed by atoms with Gasteiger partial charge in [-0.1, -0.05) is 42.3 Å². The second kappa shape index (κ2) is 7.63. The van der Waals surface area contributed by atoms with Gasteiger partial charge in [-0.25, -0.2) is 0 Å². The van der Waals surface area contributed by atoms with Crippen LogP contribution in [-0.2, 0) is 0 Å². The van der Waals surface area contributed by atoms with Crippen molar-refractivity contribution in [3.63, 3.8) is 0 Å².